The number of carbonyl (C=O) groups excluding carboxylic acids is 2. The number of anilines is 2. The van der Waals surface area contributed by atoms with E-state index in [1.165, 1.54) is 0 Å². The molecule has 0 fully saturated rings. The monoisotopic (exact) mass is 468 g/mol. The molecule has 0 aromatic heterocycles. The molecule has 6 heteroatoms. The molecule has 0 bridgehead atoms. The molecule has 2 amide bonds. The van der Waals surface area contributed by atoms with E-state index in [2.05, 4.69) is 5.32 Å². The second-order valence-corrected chi connectivity index (χ2v) is 7.92. The van der Waals surface area contributed by atoms with E-state index in [1.807, 2.05) is 55.5 Å². The van der Waals surface area contributed by atoms with Gasteiger partial charge < -0.3 is 19.7 Å². The molecule has 1 N–H and O–H groups in total. The molecule has 4 rings (SSSR count). The van der Waals surface area contributed by atoms with Gasteiger partial charge in [0, 0.05) is 30.3 Å². The molecule has 4 aromatic rings. The summed E-state index contributed by atoms with van der Waals surface area (Å²) in [5.74, 6) is 0.101. The van der Waals surface area contributed by atoms with Crippen molar-refractivity contribution in [2.75, 3.05) is 37.1 Å². The van der Waals surface area contributed by atoms with Crippen molar-refractivity contribution in [1.29, 1.82) is 0 Å². The lowest BCUT2D eigenvalue weighted by Gasteiger charge is -2.23. The third-order valence-electron chi connectivity index (χ3n) is 5.69. The summed E-state index contributed by atoms with van der Waals surface area (Å²) < 4.78 is 10.7. The van der Waals surface area contributed by atoms with Crippen LogP contribution in [0.25, 0.3) is 10.8 Å². The molecule has 0 aliphatic rings. The molecule has 0 saturated carbocycles. The Morgan fingerprint density at radius 3 is 2.31 bits per heavy atom. The predicted octanol–water partition coefficient (Wildman–Crippen LogP) is 5.78. The number of para-hydroxylation sites is 1. The van der Waals surface area contributed by atoms with Gasteiger partial charge in [0.05, 0.1) is 17.9 Å². The summed E-state index contributed by atoms with van der Waals surface area (Å²) in [4.78, 5) is 28.0. The Balaban J connectivity index is 1.50. The fraction of sp³-hybridized carbons (Fsp3) is 0.172. The first-order chi connectivity index (χ1) is 17.1. The molecule has 0 spiro atoms. The minimum absolute atomic E-state index is 0.0985. The van der Waals surface area contributed by atoms with E-state index in [-0.39, 0.29) is 11.8 Å². The summed E-state index contributed by atoms with van der Waals surface area (Å²) in [6.45, 7) is 3.27. The number of rotatable bonds is 9. The van der Waals surface area contributed by atoms with Gasteiger partial charge in [0.15, 0.2) is 0 Å². The third-order valence-corrected chi connectivity index (χ3v) is 5.69. The van der Waals surface area contributed by atoms with Crippen LogP contribution in [0.5, 0.6) is 5.75 Å². The van der Waals surface area contributed by atoms with Crippen LogP contribution < -0.4 is 15.0 Å². The van der Waals surface area contributed by atoms with Crippen LogP contribution in [-0.2, 0) is 4.74 Å². The second kappa shape index (κ2) is 11.3. The third kappa shape index (κ3) is 5.50. The van der Waals surface area contributed by atoms with Crippen LogP contribution in [0.3, 0.4) is 0 Å². The van der Waals surface area contributed by atoms with Crippen molar-refractivity contribution >= 4 is 34.0 Å². The maximum absolute atomic E-state index is 13.4. The summed E-state index contributed by atoms with van der Waals surface area (Å²) in [6.07, 6.45) is 0. The quantitative estimate of drug-likeness (QED) is 0.316. The van der Waals surface area contributed by atoms with Crippen LogP contribution in [0, 0.1) is 0 Å². The molecule has 0 atom stereocenters. The molecule has 6 nitrogen and oxygen atoms in total. The number of benzene rings is 4. The predicted molar refractivity (Wildman–Crippen MR) is 140 cm³/mol. The molecular formula is C29H28N2O4. The van der Waals surface area contributed by atoms with E-state index in [4.69, 9.17) is 9.47 Å². The molecule has 4 aromatic carbocycles. The lowest BCUT2D eigenvalue weighted by atomic mass is 10.1. The normalized spacial score (nSPS) is 10.7. The van der Waals surface area contributed by atoms with Crippen molar-refractivity contribution in [2.24, 2.45) is 0 Å². The number of fused-ring (bicyclic) bond motifs is 1. The zero-order valence-corrected chi connectivity index (χ0v) is 19.9. The molecular weight excluding hydrogens is 440 g/mol. The van der Waals surface area contributed by atoms with Crippen LogP contribution in [0.1, 0.15) is 27.6 Å². The van der Waals surface area contributed by atoms with Crippen LogP contribution in [-0.4, -0.2) is 38.7 Å². The number of carbonyl (C=O) groups is 2. The fourth-order valence-electron chi connectivity index (χ4n) is 3.93. The van der Waals surface area contributed by atoms with Gasteiger partial charge in [0.25, 0.3) is 11.8 Å². The van der Waals surface area contributed by atoms with Gasteiger partial charge in [-0.05, 0) is 54.8 Å². The van der Waals surface area contributed by atoms with E-state index in [0.717, 1.165) is 16.5 Å². The SMILES string of the molecule is CCN(C(=O)c1ccc(NC(=O)c2ccccc2OCCOC)cc1)c1cccc2ccccc12. The maximum Gasteiger partial charge on any atom is 0.259 e. The van der Waals surface area contributed by atoms with Gasteiger partial charge in [-0.3, -0.25) is 9.59 Å². The van der Waals surface area contributed by atoms with Gasteiger partial charge in [0.1, 0.15) is 12.4 Å². The van der Waals surface area contributed by atoms with E-state index in [0.29, 0.717) is 42.3 Å². The van der Waals surface area contributed by atoms with Gasteiger partial charge in [-0.2, -0.15) is 0 Å². The molecule has 0 heterocycles. The highest BCUT2D eigenvalue weighted by Crippen LogP contribution is 2.28. The fourth-order valence-corrected chi connectivity index (χ4v) is 3.93. The Kier molecular flexibility index (Phi) is 7.75. The van der Waals surface area contributed by atoms with Crippen molar-refractivity contribution in [3.8, 4) is 5.75 Å². The van der Waals surface area contributed by atoms with Crippen molar-refractivity contribution < 1.29 is 19.1 Å². The largest absolute Gasteiger partial charge is 0.490 e. The molecule has 0 unspecified atom stereocenters. The average molecular weight is 469 g/mol. The highest BCUT2D eigenvalue weighted by molar-refractivity contribution is 6.11. The first-order valence-corrected chi connectivity index (χ1v) is 11.5. The number of hydrogen-bond donors (Lipinski definition) is 1. The zero-order valence-electron chi connectivity index (χ0n) is 19.9. The van der Waals surface area contributed by atoms with E-state index in [9.17, 15) is 9.59 Å². The Bertz CT molecular complexity index is 1310. The Labute approximate surface area is 205 Å². The van der Waals surface area contributed by atoms with Crippen molar-refractivity contribution in [3.63, 3.8) is 0 Å². The molecule has 178 valence electrons. The molecule has 0 saturated heterocycles. The van der Waals surface area contributed by atoms with E-state index >= 15 is 0 Å². The topological polar surface area (TPSA) is 67.9 Å². The van der Waals surface area contributed by atoms with E-state index in [1.54, 1.807) is 54.5 Å². The van der Waals surface area contributed by atoms with Crippen molar-refractivity contribution in [1.82, 2.24) is 0 Å². The summed E-state index contributed by atoms with van der Waals surface area (Å²) in [6, 6.07) is 28.0. The van der Waals surface area contributed by atoms with Gasteiger partial charge in [-0.15, -0.1) is 0 Å². The van der Waals surface area contributed by atoms with Gasteiger partial charge in [0.2, 0.25) is 0 Å². The maximum atomic E-state index is 13.4. The number of hydrogen-bond acceptors (Lipinski definition) is 4. The summed E-state index contributed by atoms with van der Waals surface area (Å²) in [5.41, 5.74) is 2.43. The van der Waals surface area contributed by atoms with Gasteiger partial charge >= 0.3 is 0 Å². The number of amides is 2. The van der Waals surface area contributed by atoms with E-state index < -0.39 is 0 Å². The minimum Gasteiger partial charge on any atom is -0.490 e. The first kappa shape index (κ1) is 24.0. The highest BCUT2D eigenvalue weighted by atomic mass is 16.5. The molecule has 0 aliphatic carbocycles. The highest BCUT2D eigenvalue weighted by Gasteiger charge is 2.18. The van der Waals surface area contributed by atoms with Crippen molar-refractivity contribution in [3.05, 3.63) is 102 Å². The van der Waals surface area contributed by atoms with Crippen LogP contribution in [0.2, 0.25) is 0 Å². The molecule has 0 aliphatic heterocycles. The molecule has 35 heavy (non-hydrogen) atoms. The Hall–Kier alpha value is -4.16. The van der Waals surface area contributed by atoms with Crippen LogP contribution in [0.15, 0.2) is 91.0 Å². The Morgan fingerprint density at radius 2 is 1.54 bits per heavy atom. The first-order valence-electron chi connectivity index (χ1n) is 11.5. The smallest absolute Gasteiger partial charge is 0.259 e. The molecule has 0 radical (unpaired) electrons. The second-order valence-electron chi connectivity index (χ2n) is 7.92. The minimum atomic E-state index is -0.289. The van der Waals surface area contributed by atoms with Crippen LogP contribution in [0.4, 0.5) is 11.4 Å². The number of ether oxygens (including phenoxy) is 2. The number of nitrogens with one attached hydrogen (secondary N) is 1. The zero-order chi connectivity index (χ0) is 24.6. The average Bonchev–Trinajstić information content (AvgIpc) is 2.90. The number of methoxy groups -OCH3 is 1. The summed E-state index contributed by atoms with van der Waals surface area (Å²) >= 11 is 0. The summed E-state index contributed by atoms with van der Waals surface area (Å²) in [7, 11) is 1.60. The van der Waals surface area contributed by atoms with Gasteiger partial charge in [-0.25, -0.2) is 0 Å². The summed E-state index contributed by atoms with van der Waals surface area (Å²) in [5, 5.41) is 4.99. The lowest BCUT2D eigenvalue weighted by Crippen LogP contribution is -2.30. The standard InChI is InChI=1S/C29H28N2O4/c1-3-31(26-13-8-10-21-9-4-5-11-24(21)26)29(33)22-15-17-23(18-16-22)30-28(32)25-12-6-7-14-27(25)35-20-19-34-2/h4-18H,3,19-20H2,1-2H3,(H,30,32). The number of nitrogens with zero attached hydrogens (tertiary/aromatic N) is 1. The van der Waals surface area contributed by atoms with Crippen LogP contribution >= 0.6 is 0 Å². The van der Waals surface area contributed by atoms with Crippen molar-refractivity contribution in [2.45, 2.75) is 6.92 Å². The lowest BCUT2D eigenvalue weighted by molar-refractivity contribution is 0.0987. The van der Waals surface area contributed by atoms with Gasteiger partial charge in [-0.1, -0.05) is 48.5 Å². The Morgan fingerprint density at radius 1 is 0.829 bits per heavy atom.